The van der Waals surface area contributed by atoms with Gasteiger partial charge in [-0.2, -0.15) is 0 Å². The first-order valence-corrected chi connectivity index (χ1v) is 12.7. The Balaban J connectivity index is 1.61. The van der Waals surface area contributed by atoms with Crippen LogP contribution in [0.3, 0.4) is 0 Å². The number of nitrogens with zero attached hydrogens (tertiary/aromatic N) is 2. The molecule has 2 aromatic rings. The zero-order chi connectivity index (χ0) is 23.4. The Morgan fingerprint density at radius 2 is 1.33 bits per heavy atom. The molecule has 2 rings (SSSR count). The molecule has 33 heavy (non-hydrogen) atoms. The van der Waals surface area contributed by atoms with E-state index < -0.39 is 0 Å². The molecular formula is C28H42N2O3. The van der Waals surface area contributed by atoms with Crippen LogP contribution in [0.2, 0.25) is 0 Å². The molecule has 5 heteroatoms. The van der Waals surface area contributed by atoms with E-state index >= 15 is 0 Å². The van der Waals surface area contributed by atoms with Gasteiger partial charge in [0.25, 0.3) is 0 Å². The van der Waals surface area contributed by atoms with Gasteiger partial charge in [-0.1, -0.05) is 58.1 Å². The van der Waals surface area contributed by atoms with Gasteiger partial charge in [0.05, 0.1) is 19.0 Å². The van der Waals surface area contributed by atoms with E-state index in [1.54, 1.807) is 12.4 Å². The molecule has 0 fully saturated rings. The summed E-state index contributed by atoms with van der Waals surface area (Å²) in [6.45, 7) is 7.40. The van der Waals surface area contributed by atoms with Gasteiger partial charge in [0.2, 0.25) is 0 Å². The summed E-state index contributed by atoms with van der Waals surface area (Å²) >= 11 is 0. The van der Waals surface area contributed by atoms with Crippen LogP contribution in [-0.4, -0.2) is 36.4 Å². The first-order chi connectivity index (χ1) is 16.3. The van der Waals surface area contributed by atoms with Gasteiger partial charge in [-0.05, 0) is 56.4 Å². The van der Waals surface area contributed by atoms with E-state index in [-0.39, 0.29) is 0 Å². The lowest BCUT2D eigenvalue weighted by Gasteiger charge is -2.08. The lowest BCUT2D eigenvalue weighted by atomic mass is 10.2. The zero-order valence-electron chi connectivity index (χ0n) is 20.6. The molecule has 0 aliphatic rings. The Morgan fingerprint density at radius 3 is 2.06 bits per heavy atom. The van der Waals surface area contributed by atoms with Crippen molar-refractivity contribution in [1.82, 2.24) is 9.97 Å². The van der Waals surface area contributed by atoms with Crippen LogP contribution in [0.15, 0.2) is 48.8 Å². The van der Waals surface area contributed by atoms with Crippen molar-refractivity contribution in [1.29, 1.82) is 0 Å². The third-order valence-corrected chi connectivity index (χ3v) is 5.32. The number of allylic oxidation sites excluding steroid dienone is 1. The molecule has 0 radical (unpaired) electrons. The van der Waals surface area contributed by atoms with Crippen LogP contribution < -0.4 is 9.47 Å². The number of hydrogen-bond acceptors (Lipinski definition) is 5. The summed E-state index contributed by atoms with van der Waals surface area (Å²) in [5, 5.41) is 0. The second kappa shape index (κ2) is 18.1. The quantitative estimate of drug-likeness (QED) is 0.163. The molecular weight excluding hydrogens is 412 g/mol. The van der Waals surface area contributed by atoms with Crippen LogP contribution in [0.4, 0.5) is 0 Å². The van der Waals surface area contributed by atoms with Crippen LogP contribution in [0, 0.1) is 0 Å². The number of hydrogen-bond donors (Lipinski definition) is 0. The highest BCUT2D eigenvalue weighted by Gasteiger charge is 2.03. The lowest BCUT2D eigenvalue weighted by Crippen LogP contribution is -2.02. The molecule has 0 bridgehead atoms. The van der Waals surface area contributed by atoms with Crippen molar-refractivity contribution in [2.24, 2.45) is 0 Å². The van der Waals surface area contributed by atoms with Crippen molar-refractivity contribution in [2.75, 3.05) is 26.4 Å². The average molecular weight is 455 g/mol. The first-order valence-electron chi connectivity index (χ1n) is 12.7. The van der Waals surface area contributed by atoms with Gasteiger partial charge in [-0.25, -0.2) is 9.97 Å². The Bertz CT molecular complexity index is 745. The molecule has 0 aliphatic carbocycles. The van der Waals surface area contributed by atoms with Crippen molar-refractivity contribution < 1.29 is 14.2 Å². The summed E-state index contributed by atoms with van der Waals surface area (Å²) in [6, 6.07) is 7.92. The number of ether oxygens (including phenoxy) is 3. The second-order valence-corrected chi connectivity index (χ2v) is 8.27. The van der Waals surface area contributed by atoms with E-state index in [9.17, 15) is 0 Å². The van der Waals surface area contributed by atoms with Gasteiger partial charge in [0.1, 0.15) is 12.4 Å². The Morgan fingerprint density at radius 1 is 0.667 bits per heavy atom. The molecule has 182 valence electrons. The summed E-state index contributed by atoms with van der Waals surface area (Å²) < 4.78 is 17.2. The third-order valence-electron chi connectivity index (χ3n) is 5.32. The van der Waals surface area contributed by atoms with E-state index in [4.69, 9.17) is 14.2 Å². The summed E-state index contributed by atoms with van der Waals surface area (Å²) in [5.74, 6) is 2.23. The maximum atomic E-state index is 5.84. The van der Waals surface area contributed by atoms with Crippen LogP contribution in [0.5, 0.6) is 11.5 Å². The molecule has 0 saturated carbocycles. The van der Waals surface area contributed by atoms with E-state index in [0.29, 0.717) is 24.8 Å². The van der Waals surface area contributed by atoms with Gasteiger partial charge in [0.15, 0.2) is 11.6 Å². The summed E-state index contributed by atoms with van der Waals surface area (Å²) in [4.78, 5) is 8.86. The predicted octanol–water partition coefficient (Wildman–Crippen LogP) is 7.41. The number of benzene rings is 1. The SMILES string of the molecule is CCCCC/C=C/COc1cnc(-c2ccc(OCCCCOCCCCCC)cc2)nc1. The van der Waals surface area contributed by atoms with Gasteiger partial charge in [-0.15, -0.1) is 0 Å². The largest absolute Gasteiger partial charge is 0.494 e. The monoisotopic (exact) mass is 454 g/mol. The van der Waals surface area contributed by atoms with Gasteiger partial charge >= 0.3 is 0 Å². The van der Waals surface area contributed by atoms with E-state index in [0.717, 1.165) is 43.8 Å². The van der Waals surface area contributed by atoms with E-state index in [1.807, 2.05) is 24.3 Å². The van der Waals surface area contributed by atoms with Crippen molar-refractivity contribution in [3.8, 4) is 22.9 Å². The highest BCUT2D eigenvalue weighted by Crippen LogP contribution is 2.20. The molecule has 1 heterocycles. The lowest BCUT2D eigenvalue weighted by molar-refractivity contribution is 0.122. The summed E-state index contributed by atoms with van der Waals surface area (Å²) in [5.41, 5.74) is 0.959. The fourth-order valence-corrected chi connectivity index (χ4v) is 3.31. The number of unbranched alkanes of at least 4 members (excludes halogenated alkanes) is 7. The molecule has 0 saturated heterocycles. The molecule has 1 aromatic carbocycles. The van der Waals surface area contributed by atoms with Crippen LogP contribution in [0.25, 0.3) is 11.4 Å². The average Bonchev–Trinajstić information content (AvgIpc) is 2.85. The summed E-state index contributed by atoms with van der Waals surface area (Å²) in [7, 11) is 0. The fraction of sp³-hybridized carbons (Fsp3) is 0.571. The standard InChI is InChI=1S/C28H42N2O3/c1-3-5-7-9-10-12-21-33-27-23-29-28(30-24-27)25-15-17-26(18-16-25)32-22-14-13-20-31-19-11-8-6-4-2/h10,12,15-18,23-24H,3-9,11,13-14,19-22H2,1-2H3/b12-10+. The van der Waals surface area contributed by atoms with Crippen LogP contribution in [0.1, 0.15) is 78.1 Å². The highest BCUT2D eigenvalue weighted by atomic mass is 16.5. The molecule has 0 amide bonds. The van der Waals surface area contributed by atoms with Crippen LogP contribution >= 0.6 is 0 Å². The molecule has 5 nitrogen and oxygen atoms in total. The number of aromatic nitrogens is 2. The molecule has 0 aliphatic heterocycles. The predicted molar refractivity (Wildman–Crippen MR) is 136 cm³/mol. The minimum absolute atomic E-state index is 0.548. The topological polar surface area (TPSA) is 53.5 Å². The minimum atomic E-state index is 0.548. The van der Waals surface area contributed by atoms with Crippen molar-refractivity contribution in [3.63, 3.8) is 0 Å². The van der Waals surface area contributed by atoms with Gasteiger partial charge < -0.3 is 14.2 Å². The number of rotatable bonds is 19. The molecule has 1 aromatic heterocycles. The fourth-order valence-electron chi connectivity index (χ4n) is 3.31. The molecule has 0 unspecified atom stereocenters. The second-order valence-electron chi connectivity index (χ2n) is 8.27. The molecule has 0 N–H and O–H groups in total. The van der Waals surface area contributed by atoms with E-state index in [2.05, 4.69) is 36.0 Å². The Kier molecular flexibility index (Phi) is 14.7. The van der Waals surface area contributed by atoms with Gasteiger partial charge in [0, 0.05) is 18.8 Å². The van der Waals surface area contributed by atoms with Crippen molar-refractivity contribution in [3.05, 3.63) is 48.8 Å². The Hall–Kier alpha value is -2.40. The first kappa shape index (κ1) is 26.8. The van der Waals surface area contributed by atoms with Gasteiger partial charge in [-0.3, -0.25) is 0 Å². The summed E-state index contributed by atoms with van der Waals surface area (Å²) in [6.07, 6.45) is 19.6. The smallest absolute Gasteiger partial charge is 0.159 e. The van der Waals surface area contributed by atoms with Crippen molar-refractivity contribution in [2.45, 2.75) is 78.1 Å². The zero-order valence-corrected chi connectivity index (χ0v) is 20.6. The van der Waals surface area contributed by atoms with Crippen LogP contribution in [-0.2, 0) is 4.74 Å². The normalized spacial score (nSPS) is 11.2. The Labute approximate surface area is 200 Å². The third kappa shape index (κ3) is 12.4. The highest BCUT2D eigenvalue weighted by molar-refractivity contribution is 5.56. The molecule has 0 atom stereocenters. The maximum absolute atomic E-state index is 5.84. The van der Waals surface area contributed by atoms with E-state index in [1.165, 1.54) is 44.9 Å². The minimum Gasteiger partial charge on any atom is -0.494 e. The van der Waals surface area contributed by atoms with Crippen molar-refractivity contribution >= 4 is 0 Å². The molecule has 0 spiro atoms. The maximum Gasteiger partial charge on any atom is 0.159 e.